The third kappa shape index (κ3) is 5.34. The average molecular weight is 393 g/mol. The van der Waals surface area contributed by atoms with Crippen molar-refractivity contribution in [2.75, 3.05) is 29.9 Å². The lowest BCUT2D eigenvalue weighted by Crippen LogP contribution is -2.39. The quantitative estimate of drug-likeness (QED) is 0.662. The molecule has 1 fully saturated rings. The molecule has 1 aromatic rings. The van der Waals surface area contributed by atoms with Gasteiger partial charge in [-0.3, -0.25) is 4.79 Å². The molecule has 0 saturated heterocycles. The highest BCUT2D eigenvalue weighted by Crippen LogP contribution is 2.38. The Morgan fingerprint density at radius 1 is 1.36 bits per heavy atom. The van der Waals surface area contributed by atoms with Crippen LogP contribution in [0.5, 0.6) is 0 Å². The maximum Gasteiger partial charge on any atom is 0.407 e. The second-order valence-electron chi connectivity index (χ2n) is 8.51. The Morgan fingerprint density at radius 3 is 2.71 bits per heavy atom. The third-order valence-corrected chi connectivity index (χ3v) is 4.62. The van der Waals surface area contributed by atoms with E-state index in [0.29, 0.717) is 29.4 Å². The van der Waals surface area contributed by atoms with Gasteiger partial charge >= 0.3 is 6.09 Å². The van der Waals surface area contributed by atoms with Crippen LogP contribution in [0.3, 0.4) is 0 Å². The Hall–Kier alpha value is -2.35. The molecule has 1 saturated carbocycles. The van der Waals surface area contributed by atoms with E-state index >= 15 is 0 Å². The predicted octanol–water partition coefficient (Wildman–Crippen LogP) is 2.42. The number of hydrogen-bond donors (Lipinski definition) is 3. The summed E-state index contributed by atoms with van der Waals surface area (Å²) in [5.41, 5.74) is 0.929. The lowest BCUT2D eigenvalue weighted by molar-refractivity contribution is -0.117. The Bertz CT molecular complexity index is 759. The smallest absolute Gasteiger partial charge is 0.407 e. The molecule has 3 N–H and O–H groups in total. The number of alkyl carbamates (subject to hydrolysis) is 1. The zero-order valence-corrected chi connectivity index (χ0v) is 16.5. The molecule has 1 heterocycles. The number of halogens is 1. The molecule has 0 radical (unpaired) electrons. The SMILES string of the molecule is CC(C)(C)OC(=O)NC[C@H](O)CNc1cc(F)c2c(c1)CC(=O)N2CC1CC1. The van der Waals surface area contributed by atoms with Crippen LogP contribution in [0.4, 0.5) is 20.6 Å². The number of ether oxygens (including phenoxy) is 1. The lowest BCUT2D eigenvalue weighted by atomic mass is 10.1. The van der Waals surface area contributed by atoms with Crippen LogP contribution in [0.15, 0.2) is 12.1 Å². The first kappa shape index (κ1) is 20.4. The van der Waals surface area contributed by atoms with Crippen molar-refractivity contribution in [3.05, 3.63) is 23.5 Å². The maximum atomic E-state index is 14.6. The van der Waals surface area contributed by atoms with Crippen molar-refractivity contribution in [1.82, 2.24) is 5.32 Å². The van der Waals surface area contributed by atoms with Crippen LogP contribution in [0.1, 0.15) is 39.2 Å². The normalized spacial score (nSPS) is 17.3. The molecule has 154 valence electrons. The summed E-state index contributed by atoms with van der Waals surface area (Å²) in [5, 5.41) is 15.5. The minimum absolute atomic E-state index is 0.00296. The molecule has 2 amide bonds. The Kier molecular flexibility index (Phi) is 5.79. The summed E-state index contributed by atoms with van der Waals surface area (Å²) in [4.78, 5) is 25.4. The number of amides is 2. The van der Waals surface area contributed by atoms with Gasteiger partial charge in [0.1, 0.15) is 11.4 Å². The fourth-order valence-corrected chi connectivity index (χ4v) is 3.15. The van der Waals surface area contributed by atoms with Gasteiger partial charge in [0.25, 0.3) is 0 Å². The molecule has 1 aromatic carbocycles. The van der Waals surface area contributed by atoms with Crippen LogP contribution in [0.2, 0.25) is 0 Å². The molecule has 28 heavy (non-hydrogen) atoms. The minimum atomic E-state index is -0.878. The highest BCUT2D eigenvalue weighted by molar-refractivity contribution is 6.02. The number of nitrogens with zero attached hydrogens (tertiary/aromatic N) is 1. The molecule has 1 aliphatic carbocycles. The number of aliphatic hydroxyl groups is 1. The Labute approximate surface area is 164 Å². The van der Waals surface area contributed by atoms with Crippen LogP contribution in [0, 0.1) is 11.7 Å². The Morgan fingerprint density at radius 2 is 2.07 bits per heavy atom. The molecular formula is C20H28FN3O4. The van der Waals surface area contributed by atoms with Crippen molar-refractivity contribution in [3.63, 3.8) is 0 Å². The van der Waals surface area contributed by atoms with Gasteiger partial charge in [0.2, 0.25) is 5.91 Å². The topological polar surface area (TPSA) is 90.9 Å². The van der Waals surface area contributed by atoms with E-state index in [4.69, 9.17) is 4.74 Å². The van der Waals surface area contributed by atoms with Gasteiger partial charge in [0, 0.05) is 25.3 Å². The van der Waals surface area contributed by atoms with Gasteiger partial charge in [-0.2, -0.15) is 0 Å². The van der Waals surface area contributed by atoms with Gasteiger partial charge in [0.15, 0.2) is 0 Å². The number of nitrogens with one attached hydrogen (secondary N) is 2. The van der Waals surface area contributed by atoms with Crippen molar-refractivity contribution in [2.45, 2.75) is 51.7 Å². The van der Waals surface area contributed by atoms with Crippen molar-refractivity contribution in [1.29, 1.82) is 0 Å². The largest absolute Gasteiger partial charge is 0.444 e. The van der Waals surface area contributed by atoms with E-state index in [0.717, 1.165) is 12.8 Å². The predicted molar refractivity (Wildman–Crippen MR) is 104 cm³/mol. The van der Waals surface area contributed by atoms with Crippen molar-refractivity contribution >= 4 is 23.4 Å². The summed E-state index contributed by atoms with van der Waals surface area (Å²) in [6, 6.07) is 3.09. The van der Waals surface area contributed by atoms with Gasteiger partial charge in [0.05, 0.1) is 18.2 Å². The molecule has 3 rings (SSSR count). The number of hydrogen-bond acceptors (Lipinski definition) is 5. The van der Waals surface area contributed by atoms with Crippen LogP contribution in [-0.2, 0) is 16.0 Å². The van der Waals surface area contributed by atoms with E-state index in [1.807, 2.05) is 0 Å². The molecule has 0 aromatic heterocycles. The lowest BCUT2D eigenvalue weighted by Gasteiger charge is -2.21. The molecule has 0 spiro atoms. The zero-order chi connectivity index (χ0) is 20.5. The number of benzene rings is 1. The molecule has 0 bridgehead atoms. The van der Waals surface area contributed by atoms with Crippen molar-refractivity contribution in [2.24, 2.45) is 5.92 Å². The molecule has 8 heteroatoms. The summed E-state index contributed by atoms with van der Waals surface area (Å²) in [6.07, 6.45) is 0.892. The van der Waals surface area contributed by atoms with E-state index in [-0.39, 0.29) is 25.4 Å². The van der Waals surface area contributed by atoms with E-state index in [1.165, 1.54) is 6.07 Å². The van der Waals surface area contributed by atoms with Gasteiger partial charge in [-0.15, -0.1) is 0 Å². The van der Waals surface area contributed by atoms with Gasteiger partial charge in [-0.25, -0.2) is 9.18 Å². The third-order valence-electron chi connectivity index (χ3n) is 4.62. The molecule has 7 nitrogen and oxygen atoms in total. The van der Waals surface area contributed by atoms with Gasteiger partial charge in [-0.05, 0) is 57.2 Å². The highest BCUT2D eigenvalue weighted by atomic mass is 19.1. The average Bonchev–Trinajstić information content (AvgIpc) is 3.33. The fourth-order valence-electron chi connectivity index (χ4n) is 3.15. The van der Waals surface area contributed by atoms with Gasteiger partial charge < -0.3 is 25.4 Å². The number of rotatable bonds is 7. The van der Waals surface area contributed by atoms with E-state index < -0.39 is 23.6 Å². The number of carbonyl (C=O) groups is 2. The van der Waals surface area contributed by atoms with Crippen LogP contribution in [0.25, 0.3) is 0 Å². The summed E-state index contributed by atoms with van der Waals surface area (Å²) in [6.45, 7) is 5.97. The summed E-state index contributed by atoms with van der Waals surface area (Å²) in [5.74, 6) is -0.0212. The first-order valence-electron chi connectivity index (χ1n) is 9.64. The number of fused-ring (bicyclic) bond motifs is 1. The first-order chi connectivity index (χ1) is 13.1. The van der Waals surface area contributed by atoms with E-state index in [1.54, 1.807) is 31.7 Å². The van der Waals surface area contributed by atoms with Crippen molar-refractivity contribution in [3.8, 4) is 0 Å². The fraction of sp³-hybridized carbons (Fsp3) is 0.600. The zero-order valence-electron chi connectivity index (χ0n) is 16.5. The van der Waals surface area contributed by atoms with Crippen LogP contribution >= 0.6 is 0 Å². The minimum Gasteiger partial charge on any atom is -0.444 e. The number of anilines is 2. The number of aliphatic hydroxyl groups excluding tert-OH is 1. The standard InChI is InChI=1S/C20H28FN3O4/c1-20(2,3)28-19(27)23-10-15(25)9-22-14-6-13-7-17(26)24(11-12-4-5-12)18(13)16(21)8-14/h6,8,12,15,22,25H,4-5,7,9-11H2,1-3H3,(H,23,27)/t15-/m1/s1. The summed E-state index contributed by atoms with van der Waals surface area (Å²) >= 11 is 0. The molecule has 1 aliphatic heterocycles. The first-order valence-corrected chi connectivity index (χ1v) is 9.64. The van der Waals surface area contributed by atoms with Crippen LogP contribution in [-0.4, -0.2) is 48.4 Å². The molecule has 1 atom stereocenters. The Balaban J connectivity index is 1.53. The monoisotopic (exact) mass is 393 g/mol. The second-order valence-corrected chi connectivity index (χ2v) is 8.51. The molecule has 0 unspecified atom stereocenters. The number of carbonyl (C=O) groups excluding carboxylic acids is 2. The summed E-state index contributed by atoms with van der Waals surface area (Å²) in [7, 11) is 0. The van der Waals surface area contributed by atoms with E-state index in [2.05, 4.69) is 10.6 Å². The molecule has 2 aliphatic rings. The van der Waals surface area contributed by atoms with Crippen LogP contribution < -0.4 is 15.5 Å². The van der Waals surface area contributed by atoms with Crippen molar-refractivity contribution < 1.29 is 23.8 Å². The summed E-state index contributed by atoms with van der Waals surface area (Å²) < 4.78 is 19.7. The van der Waals surface area contributed by atoms with Gasteiger partial charge in [-0.1, -0.05) is 0 Å². The molecular weight excluding hydrogens is 365 g/mol. The second kappa shape index (κ2) is 7.95. The maximum absolute atomic E-state index is 14.6. The van der Waals surface area contributed by atoms with E-state index in [9.17, 15) is 19.1 Å². The highest BCUT2D eigenvalue weighted by Gasteiger charge is 2.35.